The smallest absolute Gasteiger partial charge is 0.259 e. The van der Waals surface area contributed by atoms with E-state index in [1.807, 2.05) is 0 Å². The van der Waals surface area contributed by atoms with E-state index in [4.69, 9.17) is 22.1 Å². The van der Waals surface area contributed by atoms with Gasteiger partial charge in [-0.15, -0.1) is 0 Å². The Hall–Kier alpha value is -1.72. The van der Waals surface area contributed by atoms with Gasteiger partial charge in [0.15, 0.2) is 0 Å². The third-order valence-corrected chi connectivity index (χ3v) is 3.59. The summed E-state index contributed by atoms with van der Waals surface area (Å²) in [5.41, 5.74) is 7.29. The van der Waals surface area contributed by atoms with Crippen LogP contribution in [0, 0.1) is 0 Å². The van der Waals surface area contributed by atoms with E-state index in [1.165, 1.54) is 7.11 Å². The topological polar surface area (TPSA) is 64.3 Å². The van der Waals surface area contributed by atoms with Crippen LogP contribution in [-0.4, -0.2) is 13.0 Å². The highest BCUT2D eigenvalue weighted by Crippen LogP contribution is 2.26. The number of hydrogen-bond donors (Lipinski definition) is 2. The molecule has 0 aliphatic carbocycles. The summed E-state index contributed by atoms with van der Waals surface area (Å²) in [5.74, 6) is 0.155. The van der Waals surface area contributed by atoms with Gasteiger partial charge in [-0.2, -0.15) is 0 Å². The maximum Gasteiger partial charge on any atom is 0.259 e. The van der Waals surface area contributed by atoms with Crippen LogP contribution < -0.4 is 15.8 Å². The van der Waals surface area contributed by atoms with Crippen molar-refractivity contribution in [2.24, 2.45) is 0 Å². The molecule has 0 aliphatic rings. The number of anilines is 2. The minimum absolute atomic E-state index is 0.305. The van der Waals surface area contributed by atoms with Crippen molar-refractivity contribution in [1.29, 1.82) is 0 Å². The van der Waals surface area contributed by atoms with Crippen molar-refractivity contribution in [3.8, 4) is 5.75 Å². The van der Waals surface area contributed by atoms with Gasteiger partial charge in [0, 0.05) is 20.9 Å². The van der Waals surface area contributed by atoms with Gasteiger partial charge in [-0.25, -0.2) is 0 Å². The fourth-order valence-corrected chi connectivity index (χ4v) is 2.21. The highest BCUT2D eigenvalue weighted by molar-refractivity contribution is 9.10. The predicted octanol–water partition coefficient (Wildman–Crippen LogP) is 3.95. The Morgan fingerprint density at radius 2 is 2.05 bits per heavy atom. The highest BCUT2D eigenvalue weighted by Gasteiger charge is 2.13. The fraction of sp³-hybridized carbons (Fsp3) is 0.0714. The first-order chi connectivity index (χ1) is 9.51. The molecule has 104 valence electrons. The Kier molecular flexibility index (Phi) is 4.52. The van der Waals surface area contributed by atoms with E-state index in [0.717, 1.165) is 0 Å². The van der Waals surface area contributed by atoms with Gasteiger partial charge < -0.3 is 15.8 Å². The van der Waals surface area contributed by atoms with Crippen molar-refractivity contribution < 1.29 is 9.53 Å². The molecule has 0 unspecified atom stereocenters. The summed E-state index contributed by atoms with van der Waals surface area (Å²) in [6.07, 6.45) is 0. The van der Waals surface area contributed by atoms with Crippen LogP contribution in [0.2, 0.25) is 5.02 Å². The molecule has 0 saturated heterocycles. The minimum Gasteiger partial charge on any atom is -0.496 e. The number of carbonyl (C=O) groups excluding carboxylic acids is 1. The van der Waals surface area contributed by atoms with E-state index >= 15 is 0 Å². The first-order valence-corrected chi connectivity index (χ1v) is 6.88. The molecule has 20 heavy (non-hydrogen) atoms. The van der Waals surface area contributed by atoms with Crippen LogP contribution in [0.15, 0.2) is 40.9 Å². The number of benzene rings is 2. The first kappa shape index (κ1) is 14.7. The number of hydrogen-bond acceptors (Lipinski definition) is 3. The molecule has 0 aromatic heterocycles. The second-order valence-electron chi connectivity index (χ2n) is 4.04. The number of nitrogen functional groups attached to an aromatic ring is 1. The Bertz CT molecular complexity index is 662. The molecule has 1 amide bonds. The van der Waals surface area contributed by atoms with Crippen molar-refractivity contribution in [1.82, 2.24) is 0 Å². The number of nitrogens with one attached hydrogen (secondary N) is 1. The zero-order valence-corrected chi connectivity index (χ0v) is 13.0. The summed E-state index contributed by atoms with van der Waals surface area (Å²) < 4.78 is 5.87. The normalized spacial score (nSPS) is 10.2. The van der Waals surface area contributed by atoms with Crippen molar-refractivity contribution in [2.45, 2.75) is 0 Å². The molecular weight excluding hydrogens is 344 g/mol. The standard InChI is InChI=1S/C14H12BrClN2O2/c1-20-13-5-2-8(16)6-10(13)14(19)18-9-3-4-12(17)11(15)7-9/h2-7H,17H2,1H3,(H,18,19). The number of nitrogens with two attached hydrogens (primary N) is 1. The van der Waals surface area contributed by atoms with Crippen LogP contribution in [0.25, 0.3) is 0 Å². The third kappa shape index (κ3) is 3.23. The Morgan fingerprint density at radius 3 is 2.70 bits per heavy atom. The number of amides is 1. The zero-order valence-electron chi connectivity index (χ0n) is 10.6. The van der Waals surface area contributed by atoms with Gasteiger partial charge in [0.25, 0.3) is 5.91 Å². The summed E-state index contributed by atoms with van der Waals surface area (Å²) in [4.78, 5) is 12.2. The number of methoxy groups -OCH3 is 1. The van der Waals surface area contributed by atoms with Crippen molar-refractivity contribution in [3.63, 3.8) is 0 Å². The fourth-order valence-electron chi connectivity index (χ4n) is 1.66. The van der Waals surface area contributed by atoms with E-state index in [2.05, 4.69) is 21.2 Å². The largest absolute Gasteiger partial charge is 0.496 e. The zero-order chi connectivity index (χ0) is 14.7. The van der Waals surface area contributed by atoms with Crippen LogP contribution in [0.4, 0.5) is 11.4 Å². The first-order valence-electron chi connectivity index (χ1n) is 5.71. The van der Waals surface area contributed by atoms with E-state index < -0.39 is 0 Å². The minimum atomic E-state index is -0.305. The lowest BCUT2D eigenvalue weighted by molar-refractivity contribution is 0.102. The molecule has 0 bridgehead atoms. The number of halogens is 2. The number of rotatable bonds is 3. The Labute approximate surface area is 130 Å². The number of carbonyl (C=O) groups is 1. The summed E-state index contributed by atoms with van der Waals surface area (Å²) in [6, 6.07) is 10.0. The molecule has 0 saturated carbocycles. The van der Waals surface area contributed by atoms with E-state index in [1.54, 1.807) is 36.4 Å². The van der Waals surface area contributed by atoms with Gasteiger partial charge in [-0.3, -0.25) is 4.79 Å². The average Bonchev–Trinajstić information content (AvgIpc) is 2.43. The van der Waals surface area contributed by atoms with Crippen LogP contribution in [0.1, 0.15) is 10.4 Å². The summed E-state index contributed by atoms with van der Waals surface area (Å²) in [6.45, 7) is 0. The van der Waals surface area contributed by atoms with Gasteiger partial charge in [0.05, 0.1) is 12.7 Å². The van der Waals surface area contributed by atoms with Gasteiger partial charge in [0.1, 0.15) is 5.75 Å². The molecule has 2 aromatic rings. The number of ether oxygens (including phenoxy) is 1. The van der Waals surface area contributed by atoms with E-state index in [9.17, 15) is 4.79 Å². The SMILES string of the molecule is COc1ccc(Cl)cc1C(=O)Nc1ccc(N)c(Br)c1. The van der Waals surface area contributed by atoms with Crippen LogP contribution >= 0.6 is 27.5 Å². The molecule has 3 N–H and O–H groups in total. The van der Waals surface area contributed by atoms with Crippen LogP contribution in [0.3, 0.4) is 0 Å². The van der Waals surface area contributed by atoms with Crippen molar-refractivity contribution in [3.05, 3.63) is 51.5 Å². The molecule has 0 heterocycles. The summed E-state index contributed by atoms with van der Waals surface area (Å²) >= 11 is 9.22. The lowest BCUT2D eigenvalue weighted by atomic mass is 10.2. The van der Waals surface area contributed by atoms with Gasteiger partial charge in [0.2, 0.25) is 0 Å². The maximum absolute atomic E-state index is 12.2. The molecular formula is C14H12BrClN2O2. The van der Waals surface area contributed by atoms with Gasteiger partial charge in [-0.05, 0) is 52.3 Å². The quantitative estimate of drug-likeness (QED) is 0.820. The second-order valence-corrected chi connectivity index (χ2v) is 5.33. The Morgan fingerprint density at radius 1 is 1.30 bits per heavy atom. The summed E-state index contributed by atoms with van der Waals surface area (Å²) in [5, 5.41) is 3.23. The average molecular weight is 356 g/mol. The summed E-state index contributed by atoms with van der Waals surface area (Å²) in [7, 11) is 1.50. The van der Waals surface area contributed by atoms with Gasteiger partial charge >= 0.3 is 0 Å². The molecule has 0 fully saturated rings. The Balaban J connectivity index is 2.27. The van der Waals surface area contributed by atoms with Crippen molar-refractivity contribution in [2.75, 3.05) is 18.2 Å². The molecule has 0 spiro atoms. The molecule has 0 radical (unpaired) electrons. The molecule has 0 aliphatic heterocycles. The lowest BCUT2D eigenvalue weighted by Crippen LogP contribution is -2.13. The second kappa shape index (κ2) is 6.15. The molecule has 2 rings (SSSR count). The van der Waals surface area contributed by atoms with Crippen LogP contribution in [0.5, 0.6) is 5.75 Å². The van der Waals surface area contributed by atoms with Crippen LogP contribution in [-0.2, 0) is 0 Å². The molecule has 6 heteroatoms. The lowest BCUT2D eigenvalue weighted by Gasteiger charge is -2.10. The molecule has 2 aromatic carbocycles. The van der Waals surface area contributed by atoms with E-state index in [0.29, 0.717) is 32.2 Å². The monoisotopic (exact) mass is 354 g/mol. The van der Waals surface area contributed by atoms with Crippen molar-refractivity contribution >= 4 is 44.8 Å². The van der Waals surface area contributed by atoms with Gasteiger partial charge in [-0.1, -0.05) is 11.6 Å². The van der Waals surface area contributed by atoms with E-state index in [-0.39, 0.29) is 5.91 Å². The highest BCUT2D eigenvalue weighted by atomic mass is 79.9. The third-order valence-electron chi connectivity index (χ3n) is 2.66. The molecule has 0 atom stereocenters. The molecule has 4 nitrogen and oxygen atoms in total. The maximum atomic E-state index is 12.2. The predicted molar refractivity (Wildman–Crippen MR) is 84.5 cm³/mol.